The van der Waals surface area contributed by atoms with Crippen molar-refractivity contribution in [3.8, 4) is 0 Å². The second kappa shape index (κ2) is 8.73. The normalized spacial score (nSPS) is 20.4. The summed E-state index contributed by atoms with van der Waals surface area (Å²) in [5.74, 6) is -0.869. The lowest BCUT2D eigenvalue weighted by atomic mass is 9.77. The number of hydrogen-bond acceptors (Lipinski definition) is 5. The fraction of sp³-hybridized carbons (Fsp3) is 0.462. The zero-order chi connectivity index (χ0) is 24.8. The van der Waals surface area contributed by atoms with Gasteiger partial charge in [0.1, 0.15) is 0 Å². The number of sulfone groups is 1. The van der Waals surface area contributed by atoms with Crippen LogP contribution in [0.25, 0.3) is 0 Å². The van der Waals surface area contributed by atoms with E-state index in [0.29, 0.717) is 38.3 Å². The van der Waals surface area contributed by atoms with Gasteiger partial charge in [-0.3, -0.25) is 9.59 Å². The lowest BCUT2D eigenvalue weighted by molar-refractivity contribution is -0.121. The number of nitrogens with one attached hydrogen (secondary N) is 1. The Morgan fingerprint density at radius 1 is 1.03 bits per heavy atom. The Labute approximate surface area is 202 Å². The zero-order valence-corrected chi connectivity index (χ0v) is 21.3. The number of aryl methyl sites for hydroxylation is 2. The van der Waals surface area contributed by atoms with Crippen molar-refractivity contribution in [3.63, 3.8) is 0 Å². The quantitative estimate of drug-likeness (QED) is 0.723. The van der Waals surface area contributed by atoms with Crippen molar-refractivity contribution in [1.82, 2.24) is 10.2 Å². The Bertz CT molecular complexity index is 1240. The Kier molecular flexibility index (Phi) is 6.23. The summed E-state index contributed by atoms with van der Waals surface area (Å²) in [6, 6.07) is 11.2. The van der Waals surface area contributed by atoms with Gasteiger partial charge in [0, 0.05) is 44.7 Å². The molecule has 34 heavy (non-hydrogen) atoms. The molecular weight excluding hydrogens is 450 g/mol. The smallest absolute Gasteiger partial charge is 0.255 e. The second-order valence-electron chi connectivity index (χ2n) is 10.2. The number of nitrogens with zero attached hydrogens (tertiary/aromatic N) is 2. The van der Waals surface area contributed by atoms with Gasteiger partial charge in [-0.1, -0.05) is 37.6 Å². The molecule has 8 heteroatoms. The largest absolute Gasteiger partial charge is 0.368 e. The molecule has 0 spiro atoms. The van der Waals surface area contributed by atoms with Crippen LogP contribution >= 0.6 is 0 Å². The van der Waals surface area contributed by atoms with Gasteiger partial charge in [0.15, 0.2) is 9.84 Å². The summed E-state index contributed by atoms with van der Waals surface area (Å²) in [5, 5.41) is 2.86. The molecular formula is C26H33N3O4S. The van der Waals surface area contributed by atoms with E-state index in [-0.39, 0.29) is 27.7 Å². The zero-order valence-electron chi connectivity index (χ0n) is 20.5. The molecule has 2 saturated heterocycles. The molecule has 2 heterocycles. The van der Waals surface area contributed by atoms with Gasteiger partial charge >= 0.3 is 0 Å². The number of anilines is 1. The van der Waals surface area contributed by atoms with Gasteiger partial charge in [0.2, 0.25) is 5.91 Å². The van der Waals surface area contributed by atoms with Gasteiger partial charge in [0.25, 0.3) is 5.91 Å². The molecule has 1 N–H and O–H groups in total. The lowest BCUT2D eigenvalue weighted by Crippen LogP contribution is -2.49. The van der Waals surface area contributed by atoms with E-state index >= 15 is 0 Å². The maximum absolute atomic E-state index is 13.4. The first kappa shape index (κ1) is 24.3. The second-order valence-corrected chi connectivity index (χ2v) is 12.2. The molecule has 4 rings (SSSR count). The van der Waals surface area contributed by atoms with Crippen LogP contribution in [0.4, 0.5) is 5.69 Å². The third-order valence-electron chi connectivity index (χ3n) is 6.99. The number of amides is 2. The highest BCUT2D eigenvalue weighted by Crippen LogP contribution is 2.40. The predicted octanol–water partition coefficient (Wildman–Crippen LogP) is 2.91. The minimum Gasteiger partial charge on any atom is -0.368 e. The van der Waals surface area contributed by atoms with Gasteiger partial charge in [-0.2, -0.15) is 0 Å². The van der Waals surface area contributed by atoms with E-state index in [0.717, 1.165) is 11.9 Å². The molecule has 0 saturated carbocycles. The van der Waals surface area contributed by atoms with Crippen molar-refractivity contribution >= 4 is 27.3 Å². The summed E-state index contributed by atoms with van der Waals surface area (Å²) in [4.78, 5) is 29.8. The van der Waals surface area contributed by atoms with Crippen LogP contribution in [0.1, 0.15) is 46.8 Å². The fourth-order valence-corrected chi connectivity index (χ4v) is 6.06. The summed E-state index contributed by atoms with van der Waals surface area (Å²) in [6.07, 6.45) is 1.11. The molecule has 0 aliphatic carbocycles. The molecule has 2 amide bonds. The first-order chi connectivity index (χ1) is 15.9. The van der Waals surface area contributed by atoms with Crippen LogP contribution in [0.15, 0.2) is 41.3 Å². The molecule has 7 nitrogen and oxygen atoms in total. The van der Waals surface area contributed by atoms with Crippen molar-refractivity contribution in [2.75, 3.05) is 43.9 Å². The average Bonchev–Trinajstić information content (AvgIpc) is 3.04. The first-order valence-electron chi connectivity index (χ1n) is 11.6. The van der Waals surface area contributed by atoms with Crippen LogP contribution in [0.2, 0.25) is 0 Å². The van der Waals surface area contributed by atoms with Gasteiger partial charge in [-0.25, -0.2) is 8.42 Å². The molecule has 182 valence electrons. The molecule has 2 aliphatic heterocycles. The van der Waals surface area contributed by atoms with E-state index < -0.39 is 15.8 Å². The van der Waals surface area contributed by atoms with Crippen LogP contribution in [0.5, 0.6) is 0 Å². The maximum atomic E-state index is 13.4. The Hall–Kier alpha value is -2.87. The Morgan fingerprint density at radius 2 is 1.71 bits per heavy atom. The Morgan fingerprint density at radius 3 is 2.26 bits per heavy atom. The standard InChI is InChI=1S/C26H33N3O4S/c1-17-6-9-21(18(2)14-17)28-10-12-29(13-11-28)25(31)20-8-7-19(15-22(20)34(5,32)33)23-24(30)27-16-26(23,3)4/h6-9,14-15,23H,10-13,16H2,1-5H3,(H,27,30). The van der Waals surface area contributed by atoms with Crippen molar-refractivity contribution in [3.05, 3.63) is 58.7 Å². The highest BCUT2D eigenvalue weighted by molar-refractivity contribution is 7.90. The minimum atomic E-state index is -3.68. The number of carbonyl (C=O) groups is 2. The summed E-state index contributed by atoms with van der Waals surface area (Å²) in [6.45, 7) is 11.0. The van der Waals surface area contributed by atoms with Gasteiger partial charge < -0.3 is 15.1 Å². The minimum absolute atomic E-state index is 0.0118. The molecule has 2 aromatic rings. The van der Waals surface area contributed by atoms with Crippen molar-refractivity contribution in [2.24, 2.45) is 5.41 Å². The van der Waals surface area contributed by atoms with Crippen LogP contribution in [-0.4, -0.2) is 64.1 Å². The third-order valence-corrected chi connectivity index (χ3v) is 8.13. The number of benzene rings is 2. The van der Waals surface area contributed by atoms with E-state index in [9.17, 15) is 18.0 Å². The fourth-order valence-electron chi connectivity index (χ4n) is 5.16. The summed E-state index contributed by atoms with van der Waals surface area (Å²) in [7, 11) is -3.68. The monoisotopic (exact) mass is 483 g/mol. The van der Waals surface area contributed by atoms with Crippen LogP contribution in [0.3, 0.4) is 0 Å². The molecule has 0 bridgehead atoms. The van der Waals surface area contributed by atoms with Crippen molar-refractivity contribution in [1.29, 1.82) is 0 Å². The summed E-state index contributed by atoms with van der Waals surface area (Å²) in [5.41, 5.74) is 4.02. The topological polar surface area (TPSA) is 86.8 Å². The summed E-state index contributed by atoms with van der Waals surface area (Å²) >= 11 is 0. The number of rotatable bonds is 4. The van der Waals surface area contributed by atoms with Crippen LogP contribution in [0, 0.1) is 19.3 Å². The Balaban J connectivity index is 1.58. The van der Waals surface area contributed by atoms with E-state index in [1.165, 1.54) is 17.2 Å². The molecule has 0 aromatic heterocycles. The van der Waals surface area contributed by atoms with E-state index in [1.54, 1.807) is 17.0 Å². The molecule has 0 radical (unpaired) electrons. The van der Waals surface area contributed by atoms with Crippen LogP contribution in [-0.2, 0) is 14.6 Å². The number of hydrogen-bond donors (Lipinski definition) is 1. The van der Waals surface area contributed by atoms with Gasteiger partial charge in [-0.15, -0.1) is 0 Å². The van der Waals surface area contributed by atoms with Gasteiger partial charge in [0.05, 0.1) is 16.4 Å². The SMILES string of the molecule is Cc1ccc(N2CCN(C(=O)c3ccc(C4C(=O)NCC4(C)C)cc3S(C)(=O)=O)CC2)c(C)c1. The van der Waals surface area contributed by atoms with E-state index in [1.807, 2.05) is 13.8 Å². The first-order valence-corrected chi connectivity index (χ1v) is 13.5. The van der Waals surface area contributed by atoms with E-state index in [2.05, 4.69) is 42.3 Å². The maximum Gasteiger partial charge on any atom is 0.255 e. The number of carbonyl (C=O) groups excluding carboxylic acids is 2. The number of piperazine rings is 1. The summed E-state index contributed by atoms with van der Waals surface area (Å²) < 4.78 is 25.3. The van der Waals surface area contributed by atoms with E-state index in [4.69, 9.17) is 0 Å². The third kappa shape index (κ3) is 4.56. The lowest BCUT2D eigenvalue weighted by Gasteiger charge is -2.37. The van der Waals surface area contributed by atoms with Crippen molar-refractivity contribution in [2.45, 2.75) is 38.5 Å². The average molecular weight is 484 g/mol. The highest BCUT2D eigenvalue weighted by atomic mass is 32.2. The molecule has 1 unspecified atom stereocenters. The highest BCUT2D eigenvalue weighted by Gasteiger charge is 2.42. The van der Waals surface area contributed by atoms with Crippen molar-refractivity contribution < 1.29 is 18.0 Å². The molecule has 2 aromatic carbocycles. The molecule has 1 atom stereocenters. The van der Waals surface area contributed by atoms with Crippen LogP contribution < -0.4 is 10.2 Å². The van der Waals surface area contributed by atoms with Gasteiger partial charge in [-0.05, 0) is 48.6 Å². The molecule has 2 aliphatic rings. The predicted molar refractivity (Wildman–Crippen MR) is 133 cm³/mol. The molecule has 2 fully saturated rings.